The van der Waals surface area contributed by atoms with Gasteiger partial charge >= 0.3 is 0 Å². The zero-order valence-electron chi connectivity index (χ0n) is 10.6. The van der Waals surface area contributed by atoms with Gasteiger partial charge in [-0.2, -0.15) is 0 Å². The van der Waals surface area contributed by atoms with Crippen LogP contribution in [0.1, 0.15) is 47.5 Å². The Kier molecular flexibility index (Phi) is 3.54. The molecule has 0 saturated carbocycles. The Bertz CT molecular complexity index is 318. The van der Waals surface area contributed by atoms with E-state index in [-0.39, 0.29) is 11.2 Å². The van der Waals surface area contributed by atoms with Gasteiger partial charge in [0, 0.05) is 0 Å². The Balaban J connectivity index is 2.97. The molecule has 0 bridgehead atoms. The van der Waals surface area contributed by atoms with Gasteiger partial charge in [-0.1, -0.05) is 31.1 Å². The second-order valence-electron chi connectivity index (χ2n) is 5.24. The van der Waals surface area contributed by atoms with Crippen molar-refractivity contribution in [1.29, 1.82) is 0 Å². The summed E-state index contributed by atoms with van der Waals surface area (Å²) >= 11 is 0. The van der Waals surface area contributed by atoms with Gasteiger partial charge in [-0.15, -0.1) is 0 Å². The van der Waals surface area contributed by atoms with Crippen LogP contribution in [0.15, 0.2) is 23.3 Å². The first-order valence-corrected chi connectivity index (χ1v) is 5.71. The molecule has 0 unspecified atom stereocenters. The lowest BCUT2D eigenvalue weighted by Gasteiger charge is -2.39. The highest BCUT2D eigenvalue weighted by Gasteiger charge is 2.33. The summed E-state index contributed by atoms with van der Waals surface area (Å²) in [6, 6.07) is 0. The molecule has 0 N–H and O–H groups in total. The van der Waals surface area contributed by atoms with E-state index >= 15 is 0 Å². The van der Waals surface area contributed by atoms with Gasteiger partial charge in [0.1, 0.15) is 0 Å². The number of carbonyl (C=O) groups excluding carboxylic acids is 1. The summed E-state index contributed by atoms with van der Waals surface area (Å²) in [5, 5.41) is 0. The molecule has 1 aliphatic rings. The van der Waals surface area contributed by atoms with Crippen molar-refractivity contribution in [2.45, 2.75) is 47.5 Å². The molecule has 0 aliphatic heterocycles. The number of hydrogen-bond donors (Lipinski definition) is 0. The molecule has 1 aliphatic carbocycles. The predicted molar refractivity (Wildman–Crippen MR) is 64.7 cm³/mol. The third kappa shape index (κ3) is 2.58. The minimum absolute atomic E-state index is 0.163. The standard InChI is InChI=1S/C14H22O/c1-10(9-12(3)15)13-8-6-7-11(2)14(13,4)5/h7,9,13H,6,8H2,1-5H3/t13-/m1/s1. The number of rotatable bonds is 2. The molecule has 1 rings (SSSR count). The van der Waals surface area contributed by atoms with Crippen molar-refractivity contribution in [2.75, 3.05) is 0 Å². The molecule has 1 nitrogen and oxygen atoms in total. The minimum Gasteiger partial charge on any atom is -0.295 e. The lowest BCUT2D eigenvalue weighted by Crippen LogP contribution is -2.29. The molecule has 15 heavy (non-hydrogen) atoms. The van der Waals surface area contributed by atoms with E-state index < -0.39 is 0 Å². The number of ketones is 1. The Hall–Kier alpha value is -0.850. The fraction of sp³-hybridized carbons (Fsp3) is 0.643. The van der Waals surface area contributed by atoms with E-state index in [0.717, 1.165) is 6.42 Å². The molecular formula is C14H22O. The highest BCUT2D eigenvalue weighted by atomic mass is 16.1. The van der Waals surface area contributed by atoms with Gasteiger partial charge in [0.05, 0.1) is 0 Å². The van der Waals surface area contributed by atoms with Crippen LogP contribution >= 0.6 is 0 Å². The predicted octanol–water partition coefficient (Wildman–Crippen LogP) is 3.90. The van der Waals surface area contributed by atoms with E-state index in [1.54, 1.807) is 13.0 Å². The fourth-order valence-electron chi connectivity index (χ4n) is 2.58. The third-order valence-corrected chi connectivity index (χ3v) is 3.77. The van der Waals surface area contributed by atoms with Crippen LogP contribution in [0.5, 0.6) is 0 Å². The summed E-state index contributed by atoms with van der Waals surface area (Å²) in [5.74, 6) is 0.682. The van der Waals surface area contributed by atoms with E-state index in [1.165, 1.54) is 17.6 Å². The van der Waals surface area contributed by atoms with Gasteiger partial charge in [-0.25, -0.2) is 0 Å². The summed E-state index contributed by atoms with van der Waals surface area (Å²) in [4.78, 5) is 11.1. The van der Waals surface area contributed by atoms with Crippen molar-refractivity contribution in [2.24, 2.45) is 11.3 Å². The van der Waals surface area contributed by atoms with Gasteiger partial charge in [-0.05, 0) is 51.0 Å². The fourth-order valence-corrected chi connectivity index (χ4v) is 2.58. The average Bonchev–Trinajstić information content (AvgIpc) is 2.08. The summed E-state index contributed by atoms with van der Waals surface area (Å²) in [6.45, 7) is 10.5. The van der Waals surface area contributed by atoms with Crippen LogP contribution in [0.2, 0.25) is 0 Å². The summed E-state index contributed by atoms with van der Waals surface area (Å²) in [5.41, 5.74) is 2.89. The second-order valence-corrected chi connectivity index (χ2v) is 5.24. The van der Waals surface area contributed by atoms with Crippen LogP contribution in [-0.4, -0.2) is 5.78 Å². The lowest BCUT2D eigenvalue weighted by atomic mass is 9.65. The molecule has 0 radical (unpaired) electrons. The molecule has 1 heteroatoms. The number of carbonyl (C=O) groups is 1. The third-order valence-electron chi connectivity index (χ3n) is 3.77. The zero-order valence-corrected chi connectivity index (χ0v) is 10.6. The first-order valence-electron chi connectivity index (χ1n) is 5.71. The highest BCUT2D eigenvalue weighted by molar-refractivity contribution is 5.87. The van der Waals surface area contributed by atoms with E-state index in [2.05, 4.69) is 33.8 Å². The molecule has 0 spiro atoms. The molecule has 0 heterocycles. The second kappa shape index (κ2) is 4.34. The van der Waals surface area contributed by atoms with Crippen LogP contribution in [0, 0.1) is 11.3 Å². The molecule has 0 aromatic heterocycles. The minimum atomic E-state index is 0.163. The number of allylic oxidation sites excluding steroid dienone is 4. The van der Waals surface area contributed by atoms with Crippen molar-refractivity contribution in [3.63, 3.8) is 0 Å². The Morgan fingerprint density at radius 1 is 1.47 bits per heavy atom. The van der Waals surface area contributed by atoms with Gasteiger partial charge in [0.2, 0.25) is 0 Å². The van der Waals surface area contributed by atoms with E-state index in [9.17, 15) is 4.79 Å². The maximum atomic E-state index is 11.1. The zero-order chi connectivity index (χ0) is 11.6. The largest absolute Gasteiger partial charge is 0.295 e. The maximum Gasteiger partial charge on any atom is 0.152 e. The van der Waals surface area contributed by atoms with E-state index in [4.69, 9.17) is 0 Å². The van der Waals surface area contributed by atoms with Crippen molar-refractivity contribution in [1.82, 2.24) is 0 Å². The molecule has 0 saturated heterocycles. The van der Waals surface area contributed by atoms with E-state index in [0.29, 0.717) is 5.92 Å². The lowest BCUT2D eigenvalue weighted by molar-refractivity contribution is -0.112. The molecule has 1 atom stereocenters. The summed E-state index contributed by atoms with van der Waals surface area (Å²) < 4.78 is 0. The summed E-state index contributed by atoms with van der Waals surface area (Å²) in [7, 11) is 0. The smallest absolute Gasteiger partial charge is 0.152 e. The van der Waals surface area contributed by atoms with Gasteiger partial charge < -0.3 is 0 Å². The van der Waals surface area contributed by atoms with Crippen molar-refractivity contribution in [3.05, 3.63) is 23.3 Å². The Morgan fingerprint density at radius 3 is 2.60 bits per heavy atom. The molecule has 0 aromatic carbocycles. The van der Waals surface area contributed by atoms with E-state index in [1.807, 2.05) is 0 Å². The normalized spacial score (nSPS) is 26.1. The molecule has 0 amide bonds. The van der Waals surface area contributed by atoms with Crippen LogP contribution in [0.3, 0.4) is 0 Å². The van der Waals surface area contributed by atoms with Gasteiger partial charge in [0.15, 0.2) is 5.78 Å². The van der Waals surface area contributed by atoms with Crippen molar-refractivity contribution >= 4 is 5.78 Å². The average molecular weight is 206 g/mol. The van der Waals surface area contributed by atoms with Crippen LogP contribution in [-0.2, 0) is 4.79 Å². The van der Waals surface area contributed by atoms with Crippen LogP contribution in [0.4, 0.5) is 0 Å². The maximum absolute atomic E-state index is 11.1. The molecule has 0 fully saturated rings. The van der Waals surface area contributed by atoms with Crippen molar-refractivity contribution < 1.29 is 4.79 Å². The first kappa shape index (κ1) is 12.2. The quantitative estimate of drug-likeness (QED) is 0.494. The topological polar surface area (TPSA) is 17.1 Å². The Morgan fingerprint density at radius 2 is 2.07 bits per heavy atom. The van der Waals surface area contributed by atoms with Crippen LogP contribution < -0.4 is 0 Å². The monoisotopic (exact) mass is 206 g/mol. The number of hydrogen-bond acceptors (Lipinski definition) is 1. The first-order chi connectivity index (χ1) is 6.85. The van der Waals surface area contributed by atoms with Crippen LogP contribution in [0.25, 0.3) is 0 Å². The molecule has 84 valence electrons. The van der Waals surface area contributed by atoms with Gasteiger partial charge in [0.25, 0.3) is 0 Å². The highest BCUT2D eigenvalue weighted by Crippen LogP contribution is 2.44. The van der Waals surface area contributed by atoms with Crippen molar-refractivity contribution in [3.8, 4) is 0 Å². The van der Waals surface area contributed by atoms with Gasteiger partial charge in [-0.3, -0.25) is 4.79 Å². The Labute approximate surface area is 93.3 Å². The molecule has 0 aromatic rings. The SMILES string of the molecule is CC(=O)C=C(C)[C@H]1CCC=C(C)C1(C)C. The summed E-state index contributed by atoms with van der Waals surface area (Å²) in [6.07, 6.45) is 6.44. The molecular weight excluding hydrogens is 184 g/mol.